The first-order valence-electron chi connectivity index (χ1n) is 10.1. The summed E-state index contributed by atoms with van der Waals surface area (Å²) < 4.78 is 39.6. The van der Waals surface area contributed by atoms with E-state index in [-0.39, 0.29) is 29.8 Å². The number of halogens is 3. The van der Waals surface area contributed by atoms with E-state index in [2.05, 4.69) is 20.6 Å². The molecule has 0 radical (unpaired) electrons. The van der Waals surface area contributed by atoms with E-state index in [1.807, 2.05) is 35.2 Å². The number of piperidine rings is 1. The summed E-state index contributed by atoms with van der Waals surface area (Å²) in [6.45, 7) is 1.60. The fourth-order valence-corrected chi connectivity index (χ4v) is 3.67. The summed E-state index contributed by atoms with van der Waals surface area (Å²) in [5.74, 6) is -1.05. The van der Waals surface area contributed by atoms with Crippen LogP contribution in [0.3, 0.4) is 0 Å². The number of amides is 1. The number of hydrogen-bond donors (Lipinski definition) is 2. The number of benzene rings is 2. The lowest BCUT2D eigenvalue weighted by Gasteiger charge is -2.32. The van der Waals surface area contributed by atoms with E-state index in [0.29, 0.717) is 31.3 Å². The van der Waals surface area contributed by atoms with Gasteiger partial charge in [-0.3, -0.25) is 9.69 Å². The van der Waals surface area contributed by atoms with E-state index in [0.717, 1.165) is 5.69 Å². The quantitative estimate of drug-likeness (QED) is 0.637. The first-order valence-corrected chi connectivity index (χ1v) is 10.1. The Labute approximate surface area is 177 Å². The first kappa shape index (κ1) is 21.0. The maximum absolute atomic E-state index is 13.2. The van der Waals surface area contributed by atoms with Gasteiger partial charge < -0.3 is 10.6 Å². The van der Waals surface area contributed by atoms with Crippen molar-refractivity contribution in [2.75, 3.05) is 30.3 Å². The maximum Gasteiger partial charge on any atom is 0.451 e. The number of likely N-dealkylation sites (tertiary alicyclic amines) is 1. The Morgan fingerprint density at radius 1 is 1.00 bits per heavy atom. The molecule has 3 aromatic rings. The van der Waals surface area contributed by atoms with Crippen LogP contribution < -0.4 is 10.6 Å². The summed E-state index contributed by atoms with van der Waals surface area (Å²) in [5, 5.41) is 6.59. The van der Waals surface area contributed by atoms with E-state index in [1.165, 1.54) is 0 Å². The normalized spacial score (nSPS) is 15.7. The minimum absolute atomic E-state index is 0.0344. The largest absolute Gasteiger partial charge is 0.451 e. The number of nitrogens with zero attached hydrogens (tertiary/aromatic N) is 3. The highest BCUT2D eigenvalue weighted by Gasteiger charge is 2.35. The molecule has 0 atom stereocenters. The Hall–Kier alpha value is -3.20. The van der Waals surface area contributed by atoms with Crippen LogP contribution in [0.5, 0.6) is 0 Å². The highest BCUT2D eigenvalue weighted by molar-refractivity contribution is 5.92. The molecule has 9 heteroatoms. The average molecular weight is 429 g/mol. The molecule has 6 nitrogen and oxygen atoms in total. The second kappa shape index (κ2) is 8.89. The van der Waals surface area contributed by atoms with Crippen molar-refractivity contribution in [1.29, 1.82) is 0 Å². The van der Waals surface area contributed by atoms with E-state index in [9.17, 15) is 18.0 Å². The first-order chi connectivity index (χ1) is 14.9. The fourth-order valence-electron chi connectivity index (χ4n) is 3.67. The zero-order chi connectivity index (χ0) is 21.8. The summed E-state index contributed by atoms with van der Waals surface area (Å²) in [6, 6.07) is 15.9. The van der Waals surface area contributed by atoms with Crippen LogP contribution in [-0.4, -0.2) is 46.5 Å². The van der Waals surface area contributed by atoms with Crippen LogP contribution in [0.25, 0.3) is 10.9 Å². The molecule has 0 aliphatic carbocycles. The lowest BCUT2D eigenvalue weighted by molar-refractivity contribution is -0.144. The van der Waals surface area contributed by atoms with E-state index in [4.69, 9.17) is 0 Å². The van der Waals surface area contributed by atoms with Crippen LogP contribution in [0.2, 0.25) is 0 Å². The van der Waals surface area contributed by atoms with E-state index >= 15 is 0 Å². The minimum atomic E-state index is -4.62. The van der Waals surface area contributed by atoms with E-state index < -0.39 is 12.0 Å². The Morgan fingerprint density at radius 2 is 1.68 bits per heavy atom. The van der Waals surface area contributed by atoms with Gasteiger partial charge >= 0.3 is 6.18 Å². The molecule has 4 rings (SSSR count). The van der Waals surface area contributed by atoms with Gasteiger partial charge in [-0.25, -0.2) is 9.97 Å². The lowest BCUT2D eigenvalue weighted by atomic mass is 10.0. The van der Waals surface area contributed by atoms with Gasteiger partial charge in [0.1, 0.15) is 5.82 Å². The number of carbonyl (C=O) groups is 1. The van der Waals surface area contributed by atoms with Crippen molar-refractivity contribution in [1.82, 2.24) is 14.9 Å². The molecule has 1 aliphatic heterocycles. The van der Waals surface area contributed by atoms with Crippen LogP contribution >= 0.6 is 0 Å². The van der Waals surface area contributed by atoms with Crippen LogP contribution in [0.4, 0.5) is 24.7 Å². The molecule has 1 fully saturated rings. The molecule has 162 valence electrons. The van der Waals surface area contributed by atoms with Crippen LogP contribution in [0, 0.1) is 0 Å². The number of carbonyl (C=O) groups excluding carboxylic acids is 1. The highest BCUT2D eigenvalue weighted by Crippen LogP contribution is 2.31. The standard InChI is InChI=1S/C22H22F3N5O/c23-22(24,25)21-28-18-9-5-4-8-17(18)20(29-21)27-16-10-12-30(13-11-16)14-19(31)26-15-6-2-1-3-7-15/h1-9,16H,10-14H2,(H,26,31)(H,27,28,29). The number of aromatic nitrogens is 2. The molecule has 0 saturated carbocycles. The Balaban J connectivity index is 1.38. The van der Waals surface area contributed by atoms with Crippen molar-refractivity contribution in [2.24, 2.45) is 0 Å². The second-order valence-electron chi connectivity index (χ2n) is 7.52. The highest BCUT2D eigenvalue weighted by atomic mass is 19.4. The van der Waals surface area contributed by atoms with Crippen molar-refractivity contribution < 1.29 is 18.0 Å². The molecule has 1 aliphatic rings. The van der Waals surface area contributed by atoms with Crippen molar-refractivity contribution in [3.63, 3.8) is 0 Å². The zero-order valence-corrected chi connectivity index (χ0v) is 16.7. The van der Waals surface area contributed by atoms with Crippen LogP contribution in [0.1, 0.15) is 18.7 Å². The van der Waals surface area contributed by atoms with Gasteiger partial charge in [-0.2, -0.15) is 13.2 Å². The lowest BCUT2D eigenvalue weighted by Crippen LogP contribution is -2.42. The third-order valence-electron chi connectivity index (χ3n) is 5.21. The maximum atomic E-state index is 13.2. The molecule has 1 amide bonds. The molecule has 2 aromatic carbocycles. The Kier molecular flexibility index (Phi) is 6.03. The SMILES string of the molecule is O=C(CN1CCC(Nc2nc(C(F)(F)F)nc3ccccc23)CC1)Nc1ccccc1. The van der Waals surface area contributed by atoms with Crippen LogP contribution in [0.15, 0.2) is 54.6 Å². The number of fused-ring (bicyclic) bond motifs is 1. The molecule has 0 unspecified atom stereocenters. The van der Waals surface area contributed by atoms with Gasteiger partial charge in [-0.05, 0) is 37.1 Å². The van der Waals surface area contributed by atoms with Gasteiger partial charge in [0.25, 0.3) is 0 Å². The number of para-hydroxylation sites is 2. The Morgan fingerprint density at radius 3 is 2.39 bits per heavy atom. The van der Waals surface area contributed by atoms with Crippen molar-refractivity contribution in [3.8, 4) is 0 Å². The van der Waals surface area contributed by atoms with Gasteiger partial charge in [0.2, 0.25) is 11.7 Å². The number of nitrogens with one attached hydrogen (secondary N) is 2. The summed E-state index contributed by atoms with van der Waals surface area (Å²) in [4.78, 5) is 21.7. The summed E-state index contributed by atoms with van der Waals surface area (Å²) in [7, 11) is 0. The third kappa shape index (κ3) is 5.29. The monoisotopic (exact) mass is 429 g/mol. The van der Waals surface area contributed by atoms with Gasteiger partial charge in [0.05, 0.1) is 12.1 Å². The van der Waals surface area contributed by atoms with Gasteiger partial charge in [0, 0.05) is 30.2 Å². The topological polar surface area (TPSA) is 70.2 Å². The van der Waals surface area contributed by atoms with E-state index in [1.54, 1.807) is 24.3 Å². The molecule has 1 aromatic heterocycles. The van der Waals surface area contributed by atoms with Gasteiger partial charge in [0.15, 0.2) is 0 Å². The minimum Gasteiger partial charge on any atom is -0.367 e. The summed E-state index contributed by atoms with van der Waals surface area (Å²) in [6.07, 6.45) is -3.23. The van der Waals surface area contributed by atoms with Crippen molar-refractivity contribution in [3.05, 3.63) is 60.4 Å². The second-order valence-corrected chi connectivity index (χ2v) is 7.52. The van der Waals surface area contributed by atoms with Crippen molar-refractivity contribution >= 4 is 28.3 Å². The molecular weight excluding hydrogens is 407 g/mol. The predicted octanol–water partition coefficient (Wildman–Crippen LogP) is 4.16. The summed E-state index contributed by atoms with van der Waals surface area (Å²) in [5.41, 5.74) is 1.00. The molecule has 2 N–H and O–H groups in total. The number of rotatable bonds is 5. The molecule has 0 bridgehead atoms. The Bertz CT molecular complexity index is 1050. The summed E-state index contributed by atoms with van der Waals surface area (Å²) >= 11 is 0. The van der Waals surface area contributed by atoms with Gasteiger partial charge in [-0.15, -0.1) is 0 Å². The van der Waals surface area contributed by atoms with Crippen molar-refractivity contribution in [2.45, 2.75) is 25.1 Å². The van der Waals surface area contributed by atoms with Gasteiger partial charge in [-0.1, -0.05) is 30.3 Å². The molecular formula is C22H22F3N5O. The molecule has 1 saturated heterocycles. The molecule has 0 spiro atoms. The predicted molar refractivity (Wildman–Crippen MR) is 113 cm³/mol. The number of anilines is 2. The molecule has 31 heavy (non-hydrogen) atoms. The third-order valence-corrected chi connectivity index (χ3v) is 5.21. The smallest absolute Gasteiger partial charge is 0.367 e. The number of alkyl halides is 3. The number of hydrogen-bond acceptors (Lipinski definition) is 5. The van der Waals surface area contributed by atoms with Crippen LogP contribution in [-0.2, 0) is 11.0 Å². The zero-order valence-electron chi connectivity index (χ0n) is 16.7. The molecule has 2 heterocycles. The average Bonchev–Trinajstić information content (AvgIpc) is 2.75. The fraction of sp³-hybridized carbons (Fsp3) is 0.318.